The van der Waals surface area contributed by atoms with Gasteiger partial charge in [0, 0.05) is 0 Å². The maximum atomic E-state index is 10.7. The Bertz CT molecular complexity index is 389. The Morgan fingerprint density at radius 2 is 2.38 bits per heavy atom. The lowest BCUT2D eigenvalue weighted by Crippen LogP contribution is -2.14. The highest BCUT2D eigenvalue weighted by atomic mass is 32.2. The summed E-state index contributed by atoms with van der Waals surface area (Å²) in [6, 6.07) is 2.75. The van der Waals surface area contributed by atoms with Crippen LogP contribution in [0.2, 0.25) is 0 Å². The highest BCUT2D eigenvalue weighted by Gasteiger charge is 2.17. The van der Waals surface area contributed by atoms with Gasteiger partial charge in [-0.05, 0) is 12.5 Å². The number of rotatable bonds is 6. The maximum absolute atomic E-state index is 10.7. The van der Waals surface area contributed by atoms with E-state index < -0.39 is 16.1 Å². The van der Waals surface area contributed by atoms with Crippen LogP contribution in [0, 0.1) is 10.1 Å². The van der Waals surface area contributed by atoms with E-state index >= 15 is 0 Å². The summed E-state index contributed by atoms with van der Waals surface area (Å²) in [6.07, 6.45) is 0.503. The SMILES string of the molecule is CCC(SCc1ccc([N+](=O)[O-])o1)C(=O)O. The molecule has 0 fully saturated rings. The lowest BCUT2D eigenvalue weighted by molar-refractivity contribution is -0.402. The van der Waals surface area contributed by atoms with Gasteiger partial charge in [-0.15, -0.1) is 11.8 Å². The summed E-state index contributed by atoms with van der Waals surface area (Å²) in [5.74, 6) is -0.470. The lowest BCUT2D eigenvalue weighted by Gasteiger charge is -2.06. The Morgan fingerprint density at radius 1 is 1.69 bits per heavy atom. The number of thioether (sulfide) groups is 1. The fourth-order valence-electron chi connectivity index (χ4n) is 1.09. The van der Waals surface area contributed by atoms with Gasteiger partial charge in [0.25, 0.3) is 0 Å². The molecule has 1 N–H and O–H groups in total. The van der Waals surface area contributed by atoms with Crippen LogP contribution in [0.3, 0.4) is 0 Å². The van der Waals surface area contributed by atoms with Crippen molar-refractivity contribution in [1.29, 1.82) is 0 Å². The molecular formula is C9H11NO5S. The summed E-state index contributed by atoms with van der Waals surface area (Å²) >= 11 is 1.19. The van der Waals surface area contributed by atoms with E-state index in [0.717, 1.165) is 0 Å². The Kier molecular flexibility index (Phi) is 4.36. The quantitative estimate of drug-likeness (QED) is 0.610. The van der Waals surface area contributed by atoms with Crippen molar-refractivity contribution in [3.8, 4) is 0 Å². The van der Waals surface area contributed by atoms with E-state index in [9.17, 15) is 14.9 Å². The van der Waals surface area contributed by atoms with Gasteiger partial charge in [-0.25, -0.2) is 0 Å². The average molecular weight is 245 g/mol. The summed E-state index contributed by atoms with van der Waals surface area (Å²) in [5.41, 5.74) is 0. The number of furan rings is 1. The molecule has 7 heteroatoms. The standard InChI is InChI=1S/C9H11NO5S/c1-2-7(9(11)12)16-5-6-3-4-8(15-6)10(13)14/h3-4,7H,2,5H2,1H3,(H,11,12). The number of nitro groups is 1. The fourth-order valence-corrected chi connectivity index (χ4v) is 1.99. The van der Waals surface area contributed by atoms with Crippen molar-refractivity contribution in [3.63, 3.8) is 0 Å². The van der Waals surface area contributed by atoms with Gasteiger partial charge in [-0.2, -0.15) is 0 Å². The van der Waals surface area contributed by atoms with Crippen LogP contribution in [0.4, 0.5) is 5.88 Å². The van der Waals surface area contributed by atoms with Crippen molar-refractivity contribution in [2.45, 2.75) is 24.3 Å². The van der Waals surface area contributed by atoms with Gasteiger partial charge >= 0.3 is 11.9 Å². The van der Waals surface area contributed by atoms with Gasteiger partial charge < -0.3 is 9.52 Å². The molecule has 1 atom stereocenters. The Labute approximate surface area is 95.8 Å². The Hall–Kier alpha value is -1.50. The molecule has 0 saturated heterocycles. The zero-order chi connectivity index (χ0) is 12.1. The molecule has 0 aliphatic heterocycles. The third-order valence-electron chi connectivity index (χ3n) is 1.90. The van der Waals surface area contributed by atoms with Crippen molar-refractivity contribution in [3.05, 3.63) is 28.0 Å². The normalized spacial score (nSPS) is 12.3. The molecule has 0 radical (unpaired) electrons. The van der Waals surface area contributed by atoms with E-state index in [-0.39, 0.29) is 5.88 Å². The molecule has 0 aromatic carbocycles. The second-order valence-electron chi connectivity index (χ2n) is 3.04. The number of carbonyl (C=O) groups is 1. The van der Waals surface area contributed by atoms with Crippen molar-refractivity contribution in [1.82, 2.24) is 0 Å². The second kappa shape index (κ2) is 5.55. The van der Waals surface area contributed by atoms with E-state index in [4.69, 9.17) is 9.52 Å². The van der Waals surface area contributed by atoms with Crippen LogP contribution in [0.25, 0.3) is 0 Å². The second-order valence-corrected chi connectivity index (χ2v) is 4.23. The molecule has 0 bridgehead atoms. The summed E-state index contributed by atoms with van der Waals surface area (Å²) in [4.78, 5) is 20.4. The molecule has 1 unspecified atom stereocenters. The molecule has 88 valence electrons. The number of carboxylic acids is 1. The van der Waals surface area contributed by atoms with Crippen LogP contribution in [-0.4, -0.2) is 21.2 Å². The molecule has 6 nitrogen and oxygen atoms in total. The first-order chi connectivity index (χ1) is 7.54. The molecule has 1 rings (SSSR count). The van der Waals surface area contributed by atoms with Crippen LogP contribution >= 0.6 is 11.8 Å². The van der Waals surface area contributed by atoms with Crippen molar-refractivity contribution in [2.75, 3.05) is 0 Å². The minimum atomic E-state index is -0.881. The fraction of sp³-hybridized carbons (Fsp3) is 0.444. The summed E-state index contributed by atoms with van der Waals surface area (Å²) in [7, 11) is 0. The smallest absolute Gasteiger partial charge is 0.433 e. The van der Waals surface area contributed by atoms with Crippen LogP contribution in [0.1, 0.15) is 19.1 Å². The van der Waals surface area contributed by atoms with Gasteiger partial charge in [0.1, 0.15) is 15.9 Å². The van der Waals surface area contributed by atoms with Gasteiger partial charge in [0.05, 0.1) is 11.8 Å². The molecular weight excluding hydrogens is 234 g/mol. The first kappa shape index (κ1) is 12.6. The van der Waals surface area contributed by atoms with E-state index in [2.05, 4.69) is 0 Å². The van der Waals surface area contributed by atoms with Gasteiger partial charge in [0.15, 0.2) is 0 Å². The molecule has 0 saturated carbocycles. The number of hydrogen-bond acceptors (Lipinski definition) is 5. The number of aliphatic carboxylic acids is 1. The van der Waals surface area contributed by atoms with Crippen LogP contribution in [0.15, 0.2) is 16.5 Å². The summed E-state index contributed by atoms with van der Waals surface area (Å²) in [6.45, 7) is 1.77. The molecule has 1 aromatic heterocycles. The molecule has 0 amide bonds. The lowest BCUT2D eigenvalue weighted by atomic mass is 10.3. The highest BCUT2D eigenvalue weighted by molar-refractivity contribution is 7.99. The van der Waals surface area contributed by atoms with E-state index in [1.54, 1.807) is 6.92 Å². The van der Waals surface area contributed by atoms with Crippen molar-refractivity contribution in [2.24, 2.45) is 0 Å². The monoisotopic (exact) mass is 245 g/mol. The number of carboxylic acid groups (broad SMARTS) is 1. The zero-order valence-corrected chi connectivity index (χ0v) is 9.40. The summed E-state index contributed by atoms with van der Waals surface area (Å²) in [5, 5.41) is 18.6. The van der Waals surface area contributed by atoms with Gasteiger partial charge in [-0.1, -0.05) is 6.92 Å². The minimum absolute atomic E-state index is 0.318. The molecule has 16 heavy (non-hydrogen) atoms. The Morgan fingerprint density at radius 3 is 2.81 bits per heavy atom. The first-order valence-electron chi connectivity index (χ1n) is 4.62. The van der Waals surface area contributed by atoms with E-state index in [1.165, 1.54) is 23.9 Å². The van der Waals surface area contributed by atoms with Crippen LogP contribution < -0.4 is 0 Å². The van der Waals surface area contributed by atoms with Gasteiger partial charge in [-0.3, -0.25) is 14.9 Å². The largest absolute Gasteiger partial charge is 0.480 e. The van der Waals surface area contributed by atoms with Crippen molar-refractivity contribution >= 4 is 23.6 Å². The zero-order valence-electron chi connectivity index (χ0n) is 8.58. The maximum Gasteiger partial charge on any atom is 0.433 e. The molecule has 0 aliphatic carbocycles. The van der Waals surface area contributed by atoms with E-state index in [1.807, 2.05) is 0 Å². The predicted molar refractivity (Wildman–Crippen MR) is 58.4 cm³/mol. The predicted octanol–water partition coefficient (Wildman–Crippen LogP) is 2.28. The number of hydrogen-bond donors (Lipinski definition) is 1. The highest BCUT2D eigenvalue weighted by Crippen LogP contribution is 2.24. The number of nitrogens with zero attached hydrogens (tertiary/aromatic N) is 1. The third-order valence-corrected chi connectivity index (χ3v) is 3.29. The molecule has 1 heterocycles. The summed E-state index contributed by atoms with van der Waals surface area (Å²) < 4.78 is 4.91. The average Bonchev–Trinajstić information content (AvgIpc) is 2.67. The molecule has 0 aliphatic rings. The molecule has 0 spiro atoms. The third kappa shape index (κ3) is 3.27. The van der Waals surface area contributed by atoms with Gasteiger partial charge in [0.2, 0.25) is 0 Å². The molecule has 1 aromatic rings. The minimum Gasteiger partial charge on any atom is -0.480 e. The Balaban J connectivity index is 2.53. The van der Waals surface area contributed by atoms with Crippen molar-refractivity contribution < 1.29 is 19.2 Å². The van der Waals surface area contributed by atoms with Crippen LogP contribution in [0.5, 0.6) is 0 Å². The van der Waals surface area contributed by atoms with Crippen LogP contribution in [-0.2, 0) is 10.5 Å². The topological polar surface area (TPSA) is 93.6 Å². The first-order valence-corrected chi connectivity index (χ1v) is 5.67. The van der Waals surface area contributed by atoms with E-state index in [0.29, 0.717) is 17.9 Å².